The maximum absolute atomic E-state index is 13.4. The molecule has 0 aliphatic heterocycles. The number of aryl methyl sites for hydroxylation is 1. The Labute approximate surface area is 190 Å². The van der Waals surface area contributed by atoms with Crippen molar-refractivity contribution < 1.29 is 17.5 Å². The van der Waals surface area contributed by atoms with Crippen molar-refractivity contribution in [2.24, 2.45) is 4.36 Å². The number of alkyl halides is 3. The fraction of sp³-hybridized carbons (Fsp3) is 0.167. The lowest BCUT2D eigenvalue weighted by atomic mass is 10.2. The van der Waals surface area contributed by atoms with Crippen molar-refractivity contribution in [1.29, 1.82) is 0 Å². The minimum absolute atomic E-state index is 0.0842. The highest BCUT2D eigenvalue weighted by atomic mass is 35.5. The molecule has 4 aromatic rings. The summed E-state index contributed by atoms with van der Waals surface area (Å²) in [6.07, 6.45) is 3.00. The van der Waals surface area contributed by atoms with Crippen LogP contribution in [0.5, 0.6) is 0 Å². The van der Waals surface area contributed by atoms with Gasteiger partial charge in [-0.25, -0.2) is 9.19 Å². The second kappa shape index (κ2) is 7.70. The largest absolute Gasteiger partial charge is 0.400 e. The summed E-state index contributed by atoms with van der Waals surface area (Å²) in [6.45, 7) is 1.69. The monoisotopic (exact) mass is 505 g/mol. The molecule has 0 N–H and O–H groups in total. The number of aromatic nitrogens is 4. The van der Waals surface area contributed by atoms with Crippen molar-refractivity contribution in [1.82, 2.24) is 19.5 Å². The van der Waals surface area contributed by atoms with Crippen LogP contribution in [0.4, 0.5) is 14.6 Å². The molecule has 7 nitrogen and oxygen atoms in total. The lowest BCUT2D eigenvalue weighted by molar-refractivity contribution is 0.0551. The van der Waals surface area contributed by atoms with Crippen LogP contribution in [0, 0.1) is 6.92 Å². The first-order chi connectivity index (χ1) is 14.5. The molecule has 0 saturated carbocycles. The Kier molecular flexibility index (Phi) is 5.45. The quantitative estimate of drug-likeness (QED) is 0.313. The molecule has 13 heteroatoms. The predicted octanol–water partition coefficient (Wildman–Crippen LogP) is 6.08. The van der Waals surface area contributed by atoms with E-state index in [1.807, 2.05) is 0 Å². The van der Waals surface area contributed by atoms with E-state index in [2.05, 4.69) is 24.0 Å². The molecule has 0 aliphatic rings. The van der Waals surface area contributed by atoms with Gasteiger partial charge in [-0.15, -0.1) is 0 Å². The number of rotatable bonds is 4. The molecule has 0 spiro atoms. The molecule has 1 atom stereocenters. The van der Waals surface area contributed by atoms with Crippen LogP contribution < -0.4 is 0 Å². The number of pyridine rings is 1. The van der Waals surface area contributed by atoms with Crippen LogP contribution in [0.2, 0.25) is 10.0 Å². The second-order valence-electron chi connectivity index (χ2n) is 6.53. The summed E-state index contributed by atoms with van der Waals surface area (Å²) < 4.78 is 50.2. The van der Waals surface area contributed by atoms with Crippen molar-refractivity contribution >= 4 is 56.0 Å². The van der Waals surface area contributed by atoms with Gasteiger partial charge >= 0.3 is 11.3 Å². The highest BCUT2D eigenvalue weighted by molar-refractivity contribution is 7.93. The van der Waals surface area contributed by atoms with Gasteiger partial charge in [-0.3, -0.25) is 4.40 Å². The summed E-state index contributed by atoms with van der Waals surface area (Å²) >= 11 is 17.3. The number of halogens is 5. The van der Waals surface area contributed by atoms with E-state index in [0.29, 0.717) is 22.7 Å². The molecule has 0 aliphatic carbocycles. The van der Waals surface area contributed by atoms with Crippen LogP contribution in [-0.2, 0) is 15.1 Å². The van der Waals surface area contributed by atoms with Gasteiger partial charge < -0.3 is 4.52 Å². The zero-order chi connectivity index (χ0) is 22.6. The number of nitrogens with zero attached hydrogens (tertiary/aromatic N) is 5. The van der Waals surface area contributed by atoms with Crippen LogP contribution >= 0.6 is 34.8 Å². The minimum atomic E-state index is -3.77. The molecule has 31 heavy (non-hydrogen) atoms. The van der Waals surface area contributed by atoms with Crippen LogP contribution in [0.3, 0.4) is 0 Å². The van der Waals surface area contributed by atoms with Crippen molar-refractivity contribution in [3.8, 4) is 11.4 Å². The molecule has 0 amide bonds. The summed E-state index contributed by atoms with van der Waals surface area (Å²) in [5.41, 5.74) is 1.25. The predicted molar refractivity (Wildman–Crippen MR) is 114 cm³/mol. The lowest BCUT2D eigenvalue weighted by Gasteiger charge is -2.09. The summed E-state index contributed by atoms with van der Waals surface area (Å²) in [5.74, 6) is -0.771. The van der Waals surface area contributed by atoms with Crippen LogP contribution in [0.1, 0.15) is 11.6 Å². The standard InChI is InChI=1S/C18H12Cl3F2N5O2S/c1-9-16(27-31(2,29)14-11(19)4-3-5-12(14)20)28-7-6-10(8-13(28)24-9)15-25-17(30-26-15)18(21,22)23/h3-8H,1-2H3. The Balaban J connectivity index is 1.82. The fourth-order valence-electron chi connectivity index (χ4n) is 2.91. The number of hydrogen-bond acceptors (Lipinski definition) is 6. The van der Waals surface area contributed by atoms with Gasteiger partial charge in [0.2, 0.25) is 5.82 Å². The first kappa shape index (κ1) is 21.9. The van der Waals surface area contributed by atoms with Gasteiger partial charge in [0.05, 0.1) is 30.4 Å². The highest BCUT2D eigenvalue weighted by Crippen LogP contribution is 2.34. The third kappa shape index (κ3) is 4.12. The number of imidazole rings is 1. The van der Waals surface area contributed by atoms with E-state index in [0.717, 1.165) is 0 Å². The Morgan fingerprint density at radius 1 is 1.19 bits per heavy atom. The Hall–Kier alpha value is -2.27. The molecule has 0 fully saturated rings. The van der Waals surface area contributed by atoms with Crippen molar-refractivity contribution in [2.45, 2.75) is 17.2 Å². The first-order valence-electron chi connectivity index (χ1n) is 8.53. The average Bonchev–Trinajstić information content (AvgIpc) is 3.26. The second-order valence-corrected chi connectivity index (χ2v) is 10.0. The third-order valence-corrected chi connectivity index (χ3v) is 6.99. The smallest absolute Gasteiger partial charge is 0.331 e. The summed E-state index contributed by atoms with van der Waals surface area (Å²) in [7, 11) is -3.02. The molecular formula is C18H12Cl3F2N5O2S. The molecule has 1 unspecified atom stereocenters. The maximum Gasteiger partial charge on any atom is 0.400 e. The van der Waals surface area contributed by atoms with Crippen LogP contribution in [0.25, 0.3) is 17.0 Å². The average molecular weight is 507 g/mol. The van der Waals surface area contributed by atoms with E-state index in [-0.39, 0.29) is 20.8 Å². The lowest BCUT2D eigenvalue weighted by Crippen LogP contribution is -2.03. The van der Waals surface area contributed by atoms with E-state index >= 15 is 0 Å². The van der Waals surface area contributed by atoms with Gasteiger partial charge in [0, 0.05) is 18.0 Å². The summed E-state index contributed by atoms with van der Waals surface area (Å²) in [5, 5.41) is 0.225. The van der Waals surface area contributed by atoms with Gasteiger partial charge in [0.1, 0.15) is 5.65 Å². The first-order valence-corrected chi connectivity index (χ1v) is 11.6. The molecule has 1 aromatic carbocycles. The van der Waals surface area contributed by atoms with E-state index in [9.17, 15) is 13.0 Å². The van der Waals surface area contributed by atoms with Crippen LogP contribution in [-0.4, -0.2) is 30.0 Å². The fourth-order valence-corrected chi connectivity index (χ4v) is 5.74. The van der Waals surface area contributed by atoms with Gasteiger partial charge in [0.15, 0.2) is 5.82 Å². The van der Waals surface area contributed by atoms with Gasteiger partial charge in [-0.1, -0.05) is 34.4 Å². The van der Waals surface area contributed by atoms with Crippen molar-refractivity contribution in [3.63, 3.8) is 0 Å². The molecular weight excluding hydrogens is 495 g/mol. The molecule has 0 bridgehead atoms. The highest BCUT2D eigenvalue weighted by Gasteiger charge is 2.35. The molecule has 0 saturated heterocycles. The zero-order valence-corrected chi connectivity index (χ0v) is 18.9. The molecule has 162 valence electrons. The normalized spacial score (nSPS) is 14.0. The number of benzene rings is 1. The topological polar surface area (TPSA) is 85.7 Å². The SMILES string of the molecule is Cc1nc2cc(-c3noc(C(F)(F)Cl)n3)ccn2c1N=S(C)(=O)c1c(Cl)cccc1Cl. The third-order valence-electron chi connectivity index (χ3n) is 4.25. The van der Waals surface area contributed by atoms with E-state index in [4.69, 9.17) is 34.8 Å². The Morgan fingerprint density at radius 2 is 1.87 bits per heavy atom. The maximum atomic E-state index is 13.4. The zero-order valence-electron chi connectivity index (χ0n) is 15.8. The van der Waals surface area contributed by atoms with Gasteiger partial charge in [-0.2, -0.15) is 18.1 Å². The molecule has 0 radical (unpaired) electrons. The Morgan fingerprint density at radius 3 is 2.48 bits per heavy atom. The van der Waals surface area contributed by atoms with Gasteiger partial charge in [0.25, 0.3) is 0 Å². The van der Waals surface area contributed by atoms with Crippen molar-refractivity contribution in [3.05, 3.63) is 58.2 Å². The molecule has 4 rings (SSSR count). The Bertz CT molecular complexity index is 1420. The molecule has 3 aromatic heterocycles. The van der Waals surface area contributed by atoms with E-state index in [1.54, 1.807) is 47.9 Å². The molecule has 3 heterocycles. The summed E-state index contributed by atoms with van der Waals surface area (Å²) in [6, 6.07) is 7.91. The van der Waals surface area contributed by atoms with Crippen LogP contribution in [0.15, 0.2) is 50.3 Å². The van der Waals surface area contributed by atoms with E-state index < -0.39 is 21.0 Å². The number of hydrogen-bond donors (Lipinski definition) is 0. The minimum Gasteiger partial charge on any atom is -0.331 e. The van der Waals surface area contributed by atoms with E-state index in [1.165, 1.54) is 6.26 Å². The van der Waals surface area contributed by atoms with Crippen molar-refractivity contribution in [2.75, 3.05) is 6.26 Å². The number of fused-ring (bicyclic) bond motifs is 1. The summed E-state index contributed by atoms with van der Waals surface area (Å²) in [4.78, 5) is 8.23. The van der Waals surface area contributed by atoms with Gasteiger partial charge in [-0.05, 0) is 42.8 Å².